The molecule has 0 spiro atoms. The highest BCUT2D eigenvalue weighted by atomic mass is 127. The predicted octanol–water partition coefficient (Wildman–Crippen LogP) is 4.13. The zero-order chi connectivity index (χ0) is 19.4. The van der Waals surface area contributed by atoms with Crippen LogP contribution >= 0.6 is 34.2 Å². The van der Waals surface area contributed by atoms with Crippen LogP contribution in [0.1, 0.15) is 18.4 Å². The second-order valence-electron chi connectivity index (χ2n) is 6.56. The molecule has 1 amide bonds. The standard InChI is InChI=1S/C19H20ClIN2O3S/c20-16-3-1-2-14(12-16)13-27(25,26)23-10-8-15(9-11-23)19(24)22-18-6-4-17(21)5-7-18/h1-7,12,15H,8-11,13H2,(H,22,24). The van der Waals surface area contributed by atoms with Crippen LogP contribution in [0, 0.1) is 9.49 Å². The Morgan fingerprint density at radius 3 is 2.44 bits per heavy atom. The summed E-state index contributed by atoms with van der Waals surface area (Å²) in [5.74, 6) is -0.308. The van der Waals surface area contributed by atoms with Crippen molar-refractivity contribution in [2.75, 3.05) is 18.4 Å². The van der Waals surface area contributed by atoms with Crippen LogP contribution in [0.4, 0.5) is 5.69 Å². The summed E-state index contributed by atoms with van der Waals surface area (Å²) in [5.41, 5.74) is 1.43. The quantitative estimate of drug-likeness (QED) is 0.606. The van der Waals surface area contributed by atoms with Crippen LogP contribution in [-0.2, 0) is 20.6 Å². The smallest absolute Gasteiger partial charge is 0.227 e. The first-order valence-electron chi connectivity index (χ1n) is 8.62. The molecule has 3 rings (SSSR count). The van der Waals surface area contributed by atoms with Crippen molar-refractivity contribution >= 4 is 55.8 Å². The Bertz CT molecular complexity index is 911. The Hall–Kier alpha value is -1.16. The molecule has 1 N–H and O–H groups in total. The summed E-state index contributed by atoms with van der Waals surface area (Å²) >= 11 is 8.15. The van der Waals surface area contributed by atoms with E-state index in [2.05, 4.69) is 27.9 Å². The second kappa shape index (κ2) is 8.89. The molecule has 2 aromatic rings. The largest absolute Gasteiger partial charge is 0.326 e. The summed E-state index contributed by atoms with van der Waals surface area (Å²) in [6.45, 7) is 0.710. The van der Waals surface area contributed by atoms with E-state index < -0.39 is 10.0 Å². The van der Waals surface area contributed by atoms with Crippen molar-refractivity contribution in [2.24, 2.45) is 5.92 Å². The highest BCUT2D eigenvalue weighted by Crippen LogP contribution is 2.24. The summed E-state index contributed by atoms with van der Waals surface area (Å²) in [7, 11) is -3.42. The summed E-state index contributed by atoms with van der Waals surface area (Å²) in [4.78, 5) is 12.4. The number of amides is 1. The normalized spacial score (nSPS) is 16.2. The monoisotopic (exact) mass is 518 g/mol. The van der Waals surface area contributed by atoms with Gasteiger partial charge in [-0.2, -0.15) is 0 Å². The van der Waals surface area contributed by atoms with Crippen molar-refractivity contribution in [3.8, 4) is 0 Å². The van der Waals surface area contributed by atoms with Gasteiger partial charge in [0.15, 0.2) is 0 Å². The Morgan fingerprint density at radius 2 is 1.81 bits per heavy atom. The lowest BCUT2D eigenvalue weighted by molar-refractivity contribution is -0.120. The first-order chi connectivity index (χ1) is 12.8. The van der Waals surface area contributed by atoms with E-state index >= 15 is 0 Å². The molecular formula is C19H20ClIN2O3S. The van der Waals surface area contributed by atoms with Crippen molar-refractivity contribution in [2.45, 2.75) is 18.6 Å². The number of anilines is 1. The first kappa shape index (κ1) is 20.6. The summed E-state index contributed by atoms with van der Waals surface area (Å²) < 4.78 is 27.9. The Kier molecular flexibility index (Phi) is 6.78. The predicted molar refractivity (Wildman–Crippen MR) is 116 cm³/mol. The Balaban J connectivity index is 1.56. The molecule has 144 valence electrons. The number of carbonyl (C=O) groups excluding carboxylic acids is 1. The molecule has 0 saturated carbocycles. The van der Waals surface area contributed by atoms with E-state index in [9.17, 15) is 13.2 Å². The topological polar surface area (TPSA) is 66.5 Å². The average molecular weight is 519 g/mol. The lowest BCUT2D eigenvalue weighted by Crippen LogP contribution is -2.41. The van der Waals surface area contributed by atoms with E-state index in [1.807, 2.05) is 24.3 Å². The summed E-state index contributed by atoms with van der Waals surface area (Å²) in [5, 5.41) is 3.44. The molecule has 1 aliphatic rings. The number of benzene rings is 2. The van der Waals surface area contributed by atoms with Gasteiger partial charge < -0.3 is 5.32 Å². The molecule has 1 aliphatic heterocycles. The van der Waals surface area contributed by atoms with E-state index in [1.54, 1.807) is 24.3 Å². The van der Waals surface area contributed by atoms with Crippen molar-refractivity contribution in [1.29, 1.82) is 0 Å². The third kappa shape index (κ3) is 5.66. The average Bonchev–Trinajstić information content (AvgIpc) is 2.63. The molecule has 0 aliphatic carbocycles. The van der Waals surface area contributed by atoms with Gasteiger partial charge in [0, 0.05) is 33.3 Å². The number of hydrogen-bond donors (Lipinski definition) is 1. The zero-order valence-electron chi connectivity index (χ0n) is 14.6. The van der Waals surface area contributed by atoms with Crippen LogP contribution in [-0.4, -0.2) is 31.7 Å². The number of nitrogens with zero attached hydrogens (tertiary/aromatic N) is 1. The Labute approximate surface area is 178 Å². The van der Waals surface area contributed by atoms with E-state index in [0.29, 0.717) is 36.5 Å². The number of hydrogen-bond acceptors (Lipinski definition) is 3. The maximum absolute atomic E-state index is 12.6. The number of sulfonamides is 1. The van der Waals surface area contributed by atoms with Crippen molar-refractivity contribution in [3.05, 3.63) is 62.7 Å². The van der Waals surface area contributed by atoms with Gasteiger partial charge in [-0.05, 0) is 77.4 Å². The minimum Gasteiger partial charge on any atom is -0.326 e. The van der Waals surface area contributed by atoms with Gasteiger partial charge >= 0.3 is 0 Å². The molecule has 1 heterocycles. The molecule has 27 heavy (non-hydrogen) atoms. The highest BCUT2D eigenvalue weighted by Gasteiger charge is 2.31. The second-order valence-corrected chi connectivity index (χ2v) is 10.2. The molecule has 2 aromatic carbocycles. The third-order valence-electron chi connectivity index (χ3n) is 4.57. The molecule has 1 fully saturated rings. The molecule has 0 bridgehead atoms. The number of halogens is 2. The zero-order valence-corrected chi connectivity index (χ0v) is 18.3. The molecule has 1 saturated heterocycles. The summed E-state index contributed by atoms with van der Waals surface area (Å²) in [6.07, 6.45) is 1.04. The van der Waals surface area contributed by atoms with E-state index in [-0.39, 0.29) is 17.6 Å². The third-order valence-corrected chi connectivity index (χ3v) is 7.37. The molecule has 0 unspecified atom stereocenters. The lowest BCUT2D eigenvalue weighted by atomic mass is 9.97. The summed E-state index contributed by atoms with van der Waals surface area (Å²) in [6, 6.07) is 14.5. The van der Waals surface area contributed by atoms with Gasteiger partial charge in [0.05, 0.1) is 5.75 Å². The number of piperidine rings is 1. The fourth-order valence-corrected chi connectivity index (χ4v) is 5.23. The van der Waals surface area contributed by atoms with Crippen molar-refractivity contribution in [1.82, 2.24) is 4.31 Å². The van der Waals surface area contributed by atoms with Gasteiger partial charge in [-0.25, -0.2) is 12.7 Å². The van der Waals surface area contributed by atoms with Gasteiger partial charge in [-0.3, -0.25) is 4.79 Å². The maximum atomic E-state index is 12.6. The van der Waals surface area contributed by atoms with Gasteiger partial charge in [-0.1, -0.05) is 23.7 Å². The lowest BCUT2D eigenvalue weighted by Gasteiger charge is -2.30. The highest BCUT2D eigenvalue weighted by molar-refractivity contribution is 14.1. The van der Waals surface area contributed by atoms with Crippen molar-refractivity contribution in [3.63, 3.8) is 0 Å². The van der Waals surface area contributed by atoms with Gasteiger partial charge in [0.25, 0.3) is 0 Å². The number of nitrogens with one attached hydrogen (secondary N) is 1. The van der Waals surface area contributed by atoms with E-state index in [4.69, 9.17) is 11.6 Å². The van der Waals surface area contributed by atoms with Crippen LogP contribution in [0.2, 0.25) is 5.02 Å². The molecule has 0 aromatic heterocycles. The number of rotatable bonds is 5. The Morgan fingerprint density at radius 1 is 1.15 bits per heavy atom. The van der Waals surface area contributed by atoms with E-state index in [0.717, 1.165) is 9.26 Å². The fourth-order valence-electron chi connectivity index (χ4n) is 3.10. The number of carbonyl (C=O) groups is 1. The maximum Gasteiger partial charge on any atom is 0.227 e. The minimum atomic E-state index is -3.42. The van der Waals surface area contributed by atoms with E-state index in [1.165, 1.54) is 4.31 Å². The van der Waals surface area contributed by atoms with Crippen molar-refractivity contribution < 1.29 is 13.2 Å². The van der Waals surface area contributed by atoms with Gasteiger partial charge in [-0.15, -0.1) is 0 Å². The first-order valence-corrected chi connectivity index (χ1v) is 11.7. The van der Waals surface area contributed by atoms with Crippen LogP contribution in [0.15, 0.2) is 48.5 Å². The minimum absolute atomic E-state index is 0.0527. The van der Waals surface area contributed by atoms with Crippen LogP contribution in [0.3, 0.4) is 0 Å². The van der Waals surface area contributed by atoms with Crippen LogP contribution in [0.5, 0.6) is 0 Å². The van der Waals surface area contributed by atoms with Gasteiger partial charge in [0.1, 0.15) is 0 Å². The SMILES string of the molecule is O=C(Nc1ccc(I)cc1)C1CCN(S(=O)(=O)Cc2cccc(Cl)c2)CC1. The molecular weight excluding hydrogens is 499 g/mol. The van der Waals surface area contributed by atoms with Crippen LogP contribution in [0.25, 0.3) is 0 Å². The van der Waals surface area contributed by atoms with Gasteiger partial charge in [0.2, 0.25) is 15.9 Å². The molecule has 0 radical (unpaired) electrons. The van der Waals surface area contributed by atoms with Crippen LogP contribution < -0.4 is 5.32 Å². The molecule has 0 atom stereocenters. The fraction of sp³-hybridized carbons (Fsp3) is 0.316. The molecule has 5 nitrogen and oxygen atoms in total. The molecule has 8 heteroatoms.